The molecular weight excluding hydrogens is 308 g/mol. The van der Waals surface area contributed by atoms with Gasteiger partial charge in [-0.3, -0.25) is 4.79 Å². The summed E-state index contributed by atoms with van der Waals surface area (Å²) in [5.74, 6) is 0.460. The Morgan fingerprint density at radius 2 is 2.35 bits per heavy atom. The van der Waals surface area contributed by atoms with Gasteiger partial charge in [-0.2, -0.15) is 0 Å². The molecule has 130 valence electrons. The zero-order chi connectivity index (χ0) is 16.9. The molecule has 23 heavy (non-hydrogen) atoms. The molecule has 1 fully saturated rings. The molecule has 1 aromatic heterocycles. The lowest BCUT2D eigenvalue weighted by Crippen LogP contribution is -2.34. The minimum absolute atomic E-state index is 0.0387. The Labute approximate surface area is 139 Å². The summed E-state index contributed by atoms with van der Waals surface area (Å²) in [6.45, 7) is 10.0. The summed E-state index contributed by atoms with van der Waals surface area (Å²) in [6.07, 6.45) is 5.07. The molecule has 0 spiro atoms. The third kappa shape index (κ3) is 5.84. The van der Waals surface area contributed by atoms with Gasteiger partial charge < -0.3 is 20.4 Å². The van der Waals surface area contributed by atoms with Crippen LogP contribution in [0.5, 0.6) is 0 Å². The van der Waals surface area contributed by atoms with Crippen molar-refractivity contribution in [3.05, 3.63) is 18.2 Å². The first-order chi connectivity index (χ1) is 10.9. The fraction of sp³-hybridized carbons (Fsp3) is 0.750. The molecule has 7 heteroatoms. The Morgan fingerprint density at radius 1 is 1.57 bits per heavy atom. The monoisotopic (exact) mass is 338 g/mol. The maximum atomic E-state index is 12.6. The molecule has 2 atom stereocenters. The van der Waals surface area contributed by atoms with Crippen molar-refractivity contribution in [3.8, 4) is 0 Å². The van der Waals surface area contributed by atoms with E-state index in [0.29, 0.717) is 18.3 Å². The zero-order valence-corrected chi connectivity index (χ0v) is 15.5. The van der Waals surface area contributed by atoms with Gasteiger partial charge in [0.1, 0.15) is 12.4 Å². The fourth-order valence-corrected chi connectivity index (χ4v) is 3.50. The molecule has 0 aliphatic carbocycles. The zero-order valence-electron chi connectivity index (χ0n) is 14.5. The highest BCUT2D eigenvalue weighted by molar-refractivity contribution is 6.76. The molecule has 0 radical (unpaired) electrons. The summed E-state index contributed by atoms with van der Waals surface area (Å²) in [4.78, 5) is 16.6. The lowest BCUT2D eigenvalue weighted by Gasteiger charge is -2.17. The van der Waals surface area contributed by atoms with E-state index in [4.69, 9.17) is 10.5 Å². The van der Waals surface area contributed by atoms with Gasteiger partial charge in [-0.1, -0.05) is 19.6 Å². The number of hydrogen-bond donors (Lipinski definition) is 2. The normalized spacial score (nSPS) is 19.9. The second-order valence-corrected chi connectivity index (χ2v) is 13.3. The van der Waals surface area contributed by atoms with Gasteiger partial charge in [-0.25, -0.2) is 4.98 Å². The lowest BCUT2D eigenvalue weighted by molar-refractivity contribution is 0.0789. The van der Waals surface area contributed by atoms with Gasteiger partial charge in [0.25, 0.3) is 0 Å². The molecule has 2 heterocycles. The van der Waals surface area contributed by atoms with Crippen LogP contribution in [0.3, 0.4) is 0 Å². The Morgan fingerprint density at radius 3 is 3.00 bits per heavy atom. The van der Waals surface area contributed by atoms with Crippen molar-refractivity contribution >= 4 is 13.9 Å². The van der Waals surface area contributed by atoms with Crippen molar-refractivity contribution in [1.82, 2.24) is 14.9 Å². The van der Waals surface area contributed by atoms with E-state index in [1.807, 2.05) is 0 Å². The number of nitrogens with zero attached hydrogens (tertiary/aromatic N) is 2. The third-order valence-corrected chi connectivity index (χ3v) is 5.98. The number of aromatic nitrogens is 2. The van der Waals surface area contributed by atoms with Crippen molar-refractivity contribution in [2.24, 2.45) is 11.7 Å². The molecule has 0 unspecified atom stereocenters. The smallest absolute Gasteiger partial charge is 0.197 e. The highest BCUT2D eigenvalue weighted by Crippen LogP contribution is 2.16. The van der Waals surface area contributed by atoms with Gasteiger partial charge in [0, 0.05) is 14.7 Å². The second kappa shape index (κ2) is 8.19. The molecule has 0 saturated carbocycles. The van der Waals surface area contributed by atoms with Crippen molar-refractivity contribution in [3.63, 3.8) is 0 Å². The number of imidazole rings is 1. The average Bonchev–Trinajstić information content (AvgIpc) is 3.13. The van der Waals surface area contributed by atoms with E-state index in [9.17, 15) is 4.79 Å². The quantitative estimate of drug-likeness (QED) is 0.407. The molecule has 1 aliphatic rings. The highest BCUT2D eigenvalue weighted by Gasteiger charge is 2.25. The molecule has 1 aliphatic heterocycles. The number of rotatable bonds is 9. The molecule has 1 aromatic rings. The summed E-state index contributed by atoms with van der Waals surface area (Å²) < 4.78 is 7.48. The summed E-state index contributed by atoms with van der Waals surface area (Å²) >= 11 is 0. The summed E-state index contributed by atoms with van der Waals surface area (Å²) in [5, 5.41) is 3.31. The second-order valence-electron chi connectivity index (χ2n) is 7.66. The minimum atomic E-state index is -1.10. The molecule has 1 saturated heterocycles. The largest absolute Gasteiger partial charge is 0.361 e. The predicted octanol–water partition coefficient (Wildman–Crippen LogP) is 1.70. The first-order valence-electron chi connectivity index (χ1n) is 8.45. The van der Waals surface area contributed by atoms with Crippen molar-refractivity contribution in [1.29, 1.82) is 0 Å². The number of Topliss-reactive ketones (excluding diaryl/α,β-unsaturated/α-hetero) is 1. The van der Waals surface area contributed by atoms with E-state index in [0.717, 1.165) is 38.6 Å². The van der Waals surface area contributed by atoms with Crippen LogP contribution in [0.4, 0.5) is 0 Å². The van der Waals surface area contributed by atoms with E-state index in [1.54, 1.807) is 17.1 Å². The number of ether oxygens (including phenoxy) is 1. The first-order valence-corrected chi connectivity index (χ1v) is 12.2. The van der Waals surface area contributed by atoms with Crippen molar-refractivity contribution < 1.29 is 9.53 Å². The van der Waals surface area contributed by atoms with Crippen LogP contribution in [0.25, 0.3) is 0 Å². The van der Waals surface area contributed by atoms with Gasteiger partial charge in [0.2, 0.25) is 0 Å². The van der Waals surface area contributed by atoms with Gasteiger partial charge >= 0.3 is 0 Å². The van der Waals surface area contributed by atoms with Crippen LogP contribution >= 0.6 is 0 Å². The van der Waals surface area contributed by atoms with Crippen molar-refractivity contribution in [2.45, 2.75) is 51.3 Å². The molecule has 0 aromatic carbocycles. The molecule has 0 bridgehead atoms. The van der Waals surface area contributed by atoms with E-state index in [1.165, 1.54) is 0 Å². The number of hydrogen-bond acceptors (Lipinski definition) is 5. The molecular formula is C16H30N4O2Si. The van der Waals surface area contributed by atoms with Gasteiger partial charge in [0.05, 0.1) is 18.6 Å². The van der Waals surface area contributed by atoms with Gasteiger partial charge in [0.15, 0.2) is 5.78 Å². The highest BCUT2D eigenvalue weighted by atomic mass is 28.3. The SMILES string of the molecule is C[Si](C)(C)CCOCn1cncc1C(=O)[C@@H](N)C[C@@H]1CCNC1. The Bertz CT molecular complexity index is 506. The molecule has 6 nitrogen and oxygen atoms in total. The summed E-state index contributed by atoms with van der Waals surface area (Å²) in [5.41, 5.74) is 6.67. The minimum Gasteiger partial charge on any atom is -0.361 e. The topological polar surface area (TPSA) is 82.2 Å². The maximum Gasteiger partial charge on any atom is 0.197 e. The van der Waals surface area contributed by atoms with Crippen LogP contribution in [0, 0.1) is 5.92 Å². The molecule has 2 rings (SSSR count). The van der Waals surface area contributed by atoms with Crippen LogP contribution in [0.2, 0.25) is 25.7 Å². The van der Waals surface area contributed by atoms with Crippen LogP contribution < -0.4 is 11.1 Å². The van der Waals surface area contributed by atoms with Crippen LogP contribution in [-0.2, 0) is 11.5 Å². The predicted molar refractivity (Wildman–Crippen MR) is 94.2 cm³/mol. The number of nitrogens with two attached hydrogens (primary N) is 1. The molecule has 0 amide bonds. The van der Waals surface area contributed by atoms with Crippen LogP contribution in [-0.4, -0.2) is 49.1 Å². The van der Waals surface area contributed by atoms with Crippen LogP contribution in [0.1, 0.15) is 23.3 Å². The van der Waals surface area contributed by atoms with Gasteiger partial charge in [-0.15, -0.1) is 0 Å². The Hall–Kier alpha value is -1.02. The third-order valence-electron chi connectivity index (χ3n) is 4.28. The first kappa shape index (κ1) is 18.3. The van der Waals surface area contributed by atoms with Crippen molar-refractivity contribution in [2.75, 3.05) is 19.7 Å². The van der Waals surface area contributed by atoms with E-state index in [-0.39, 0.29) is 5.78 Å². The summed E-state index contributed by atoms with van der Waals surface area (Å²) in [7, 11) is -1.10. The summed E-state index contributed by atoms with van der Waals surface area (Å²) in [6, 6.07) is 0.649. The van der Waals surface area contributed by atoms with Crippen LogP contribution in [0.15, 0.2) is 12.5 Å². The lowest BCUT2D eigenvalue weighted by atomic mass is 9.96. The Kier molecular flexibility index (Phi) is 6.52. The van der Waals surface area contributed by atoms with E-state index < -0.39 is 14.1 Å². The Balaban J connectivity index is 1.84. The fourth-order valence-electron chi connectivity index (χ4n) is 2.74. The number of carbonyl (C=O) groups is 1. The van der Waals surface area contributed by atoms with E-state index >= 15 is 0 Å². The van der Waals surface area contributed by atoms with E-state index in [2.05, 4.69) is 29.9 Å². The number of ketones is 1. The average molecular weight is 339 g/mol. The standard InChI is InChI=1S/C16H30N4O2Si/c1-23(2,3)7-6-22-12-20-11-19-10-15(20)16(21)14(17)8-13-4-5-18-9-13/h10-11,13-14,18H,4-9,12,17H2,1-3H3/t13-,14-/m0/s1. The number of carbonyl (C=O) groups excluding carboxylic acids is 1. The number of nitrogens with one attached hydrogen (secondary N) is 1. The maximum absolute atomic E-state index is 12.6. The van der Waals surface area contributed by atoms with Gasteiger partial charge in [-0.05, 0) is 37.9 Å². The molecule has 3 N–H and O–H groups in total.